The average Bonchev–Trinajstić information content (AvgIpc) is 2.76. The second kappa shape index (κ2) is 16.0. The van der Waals surface area contributed by atoms with E-state index in [-0.39, 0.29) is 44.6 Å². The molecule has 4 heterocycles. The second-order valence-corrected chi connectivity index (χ2v) is 30.9. The van der Waals surface area contributed by atoms with Crippen molar-refractivity contribution in [3.05, 3.63) is 191 Å². The summed E-state index contributed by atoms with van der Waals surface area (Å²) >= 11 is 2.06. The van der Waals surface area contributed by atoms with Crippen molar-refractivity contribution in [1.82, 2.24) is 4.57 Å². The second-order valence-electron chi connectivity index (χ2n) is 29.8. The standard InChI is InChI=1S/C76H76BN3S/c1-70(2,3)45-29-32-48(33-30-45)79-63-40-49(78-59-26-18-15-21-50(59)51-22-16-19-27-60(51)78)41-64-67(63)77(69-68(79)53-42-56-57(43-65(53)81-69)73(9,10)38-37-72(56,7)8)58-39-46(71(4,5)6)31-34-61(58)80(64)62-28-20-25-55-66(62)52-23-14-17-24-54(52)76(55)44-47-35-36-75(76,13)74(47,11)12/h14-34,39-43,47H,35-38,44H2,1-13H3. The van der Waals surface area contributed by atoms with Crippen molar-refractivity contribution in [2.24, 2.45) is 16.7 Å². The normalized spacial score (nSPS) is 22.3. The first-order valence-electron chi connectivity index (χ1n) is 30.4. The lowest BCUT2D eigenvalue weighted by Crippen LogP contribution is -2.60. The van der Waals surface area contributed by atoms with Gasteiger partial charge < -0.3 is 14.4 Å². The summed E-state index contributed by atoms with van der Waals surface area (Å²) in [7, 11) is 0. The van der Waals surface area contributed by atoms with Crippen LogP contribution in [0.15, 0.2) is 158 Å². The van der Waals surface area contributed by atoms with E-state index in [0.717, 1.165) is 0 Å². The summed E-state index contributed by atoms with van der Waals surface area (Å²) in [4.78, 5) is 5.50. The van der Waals surface area contributed by atoms with Gasteiger partial charge in [-0.1, -0.05) is 187 Å². The van der Waals surface area contributed by atoms with E-state index in [1.165, 1.54) is 158 Å². The van der Waals surface area contributed by atoms with Crippen LogP contribution in [0.2, 0.25) is 0 Å². The van der Waals surface area contributed by atoms with Gasteiger partial charge in [-0.15, -0.1) is 11.3 Å². The first-order valence-corrected chi connectivity index (χ1v) is 31.2. The summed E-state index contributed by atoms with van der Waals surface area (Å²) in [6, 6.07) is 63.1. The Balaban J connectivity index is 1.07. The summed E-state index contributed by atoms with van der Waals surface area (Å²) < 4.78 is 5.40. The minimum atomic E-state index is -0.0763. The number of thiophene rings is 1. The molecule has 0 N–H and O–H groups in total. The number of aromatic nitrogens is 1. The van der Waals surface area contributed by atoms with Crippen LogP contribution in [-0.4, -0.2) is 11.3 Å². The van der Waals surface area contributed by atoms with Crippen molar-refractivity contribution in [3.8, 4) is 16.8 Å². The molecule has 404 valence electrons. The molecule has 0 radical (unpaired) electrons. The minimum absolute atomic E-state index is 0.00611. The molecule has 3 unspecified atom stereocenters. The number of fused-ring (bicyclic) bond motifs is 18. The van der Waals surface area contributed by atoms with Gasteiger partial charge in [0.05, 0.1) is 28.1 Å². The van der Waals surface area contributed by atoms with E-state index in [0.29, 0.717) is 5.92 Å². The van der Waals surface area contributed by atoms with Crippen LogP contribution in [-0.2, 0) is 27.1 Å². The van der Waals surface area contributed by atoms with Gasteiger partial charge in [0.25, 0.3) is 6.71 Å². The Hall–Kier alpha value is -6.82. The van der Waals surface area contributed by atoms with E-state index < -0.39 is 0 Å². The van der Waals surface area contributed by atoms with Crippen LogP contribution in [0.5, 0.6) is 0 Å². The van der Waals surface area contributed by atoms with Crippen molar-refractivity contribution >= 4 is 99.8 Å². The van der Waals surface area contributed by atoms with Gasteiger partial charge in [0.1, 0.15) is 0 Å². The molecule has 4 aliphatic carbocycles. The average molecular weight is 1070 g/mol. The fraction of sp³-hybridized carbons (Fsp3) is 0.342. The van der Waals surface area contributed by atoms with Gasteiger partial charge in [-0.05, 0) is 181 Å². The molecule has 6 aliphatic rings. The number of benzene rings is 8. The Morgan fingerprint density at radius 2 is 1.11 bits per heavy atom. The Kier molecular flexibility index (Phi) is 9.89. The van der Waals surface area contributed by atoms with Crippen LogP contribution in [0.4, 0.5) is 34.1 Å². The molecule has 8 aromatic carbocycles. The van der Waals surface area contributed by atoms with Gasteiger partial charge in [0.15, 0.2) is 0 Å². The number of para-hydroxylation sites is 2. The lowest BCUT2D eigenvalue weighted by Gasteiger charge is -2.48. The molecule has 2 saturated carbocycles. The van der Waals surface area contributed by atoms with E-state index in [1.54, 1.807) is 5.56 Å². The largest absolute Gasteiger partial charge is 0.311 e. The summed E-state index contributed by atoms with van der Waals surface area (Å²) in [6.07, 6.45) is 6.12. The zero-order chi connectivity index (χ0) is 55.9. The number of hydrogen-bond acceptors (Lipinski definition) is 3. The van der Waals surface area contributed by atoms with Gasteiger partial charge in [-0.2, -0.15) is 0 Å². The number of hydrogen-bond donors (Lipinski definition) is 0. The van der Waals surface area contributed by atoms with Crippen molar-refractivity contribution in [3.63, 3.8) is 0 Å². The topological polar surface area (TPSA) is 11.4 Å². The molecule has 2 aliphatic heterocycles. The fourth-order valence-corrected chi connectivity index (χ4v) is 19.0. The lowest BCUT2D eigenvalue weighted by atomic mass is 9.36. The Labute approximate surface area is 485 Å². The fourth-order valence-electron chi connectivity index (χ4n) is 17.7. The smallest absolute Gasteiger partial charge is 0.264 e. The maximum absolute atomic E-state index is 2.77. The third-order valence-corrected chi connectivity index (χ3v) is 23.9. The van der Waals surface area contributed by atoms with Crippen molar-refractivity contribution in [2.45, 2.75) is 149 Å². The molecule has 2 aromatic heterocycles. The highest BCUT2D eigenvalue weighted by Gasteiger charge is 2.71. The molecular weight excluding hydrogens is 998 g/mol. The van der Waals surface area contributed by atoms with Gasteiger partial charge >= 0.3 is 0 Å². The van der Waals surface area contributed by atoms with Crippen molar-refractivity contribution in [2.75, 3.05) is 9.80 Å². The first-order chi connectivity index (χ1) is 38.5. The Bertz CT molecular complexity index is 4320. The van der Waals surface area contributed by atoms with E-state index in [2.05, 4.69) is 273 Å². The highest BCUT2D eigenvalue weighted by Crippen LogP contribution is 2.78. The molecule has 1 spiro atoms. The third-order valence-electron chi connectivity index (χ3n) is 22.6. The SMILES string of the molecule is CC(C)(C)c1ccc(N2c3cc(-n4c5ccccc5c5ccccc54)cc4c3B(c3cc(C(C)(C)C)ccc3N4c3cccc4c3-c3ccccc3C43CC4CCC3(C)C4(C)C)c3sc4cc5c(cc4c32)C(C)(C)CCC5(C)C)cc1. The highest BCUT2D eigenvalue weighted by molar-refractivity contribution is 7.33. The lowest BCUT2D eigenvalue weighted by molar-refractivity contribution is 0.0990. The number of rotatable bonds is 3. The van der Waals surface area contributed by atoms with Crippen LogP contribution < -0.4 is 25.5 Å². The molecule has 10 aromatic rings. The first kappa shape index (κ1) is 50.0. The highest BCUT2D eigenvalue weighted by atomic mass is 32.1. The molecule has 2 bridgehead atoms. The molecule has 16 rings (SSSR count). The maximum atomic E-state index is 2.77. The molecule has 5 heteroatoms. The Morgan fingerprint density at radius 3 is 1.75 bits per heavy atom. The molecule has 0 amide bonds. The quantitative estimate of drug-likeness (QED) is 0.163. The summed E-state index contributed by atoms with van der Waals surface area (Å²) in [6.45, 7) is 32.0. The zero-order valence-electron chi connectivity index (χ0n) is 50.0. The van der Waals surface area contributed by atoms with E-state index in [1.807, 2.05) is 0 Å². The van der Waals surface area contributed by atoms with Gasteiger partial charge in [-0.3, -0.25) is 0 Å². The summed E-state index contributed by atoms with van der Waals surface area (Å²) in [5, 5.41) is 3.92. The molecule has 3 atom stereocenters. The molecule has 2 fully saturated rings. The van der Waals surface area contributed by atoms with Crippen LogP contribution in [0.25, 0.3) is 48.7 Å². The van der Waals surface area contributed by atoms with Gasteiger partial charge in [0.2, 0.25) is 0 Å². The van der Waals surface area contributed by atoms with Crippen molar-refractivity contribution in [1.29, 1.82) is 0 Å². The molecule has 81 heavy (non-hydrogen) atoms. The van der Waals surface area contributed by atoms with E-state index >= 15 is 0 Å². The van der Waals surface area contributed by atoms with Crippen LogP contribution in [0.3, 0.4) is 0 Å². The van der Waals surface area contributed by atoms with E-state index in [9.17, 15) is 0 Å². The third kappa shape index (κ3) is 6.38. The predicted octanol–water partition coefficient (Wildman–Crippen LogP) is 19.1. The predicted molar refractivity (Wildman–Crippen MR) is 348 cm³/mol. The van der Waals surface area contributed by atoms with Gasteiger partial charge in [0, 0.05) is 59.4 Å². The monoisotopic (exact) mass is 1070 g/mol. The van der Waals surface area contributed by atoms with Crippen LogP contribution >= 0.6 is 11.3 Å². The summed E-state index contributed by atoms with van der Waals surface area (Å²) in [5.41, 5.74) is 26.0. The Morgan fingerprint density at radius 1 is 0.506 bits per heavy atom. The van der Waals surface area contributed by atoms with Crippen molar-refractivity contribution < 1.29 is 0 Å². The molecular formula is C76H76BN3S. The minimum Gasteiger partial charge on any atom is -0.311 e. The van der Waals surface area contributed by atoms with Gasteiger partial charge in [-0.25, -0.2) is 0 Å². The van der Waals surface area contributed by atoms with E-state index in [4.69, 9.17) is 0 Å². The molecule has 3 nitrogen and oxygen atoms in total. The summed E-state index contributed by atoms with van der Waals surface area (Å²) in [5.74, 6) is 0.675. The number of nitrogens with zero attached hydrogens (tertiary/aromatic N) is 3. The zero-order valence-corrected chi connectivity index (χ0v) is 50.8. The van der Waals surface area contributed by atoms with Crippen LogP contribution in [0.1, 0.15) is 155 Å². The molecule has 0 saturated heterocycles. The number of anilines is 6. The van der Waals surface area contributed by atoms with Crippen LogP contribution in [0, 0.1) is 16.7 Å². The maximum Gasteiger partial charge on any atom is 0.264 e.